The largest absolute Gasteiger partial charge is 0.354 e. The van der Waals surface area contributed by atoms with Gasteiger partial charge in [-0.2, -0.15) is 0 Å². The van der Waals surface area contributed by atoms with E-state index in [-0.39, 0.29) is 18.4 Å². The highest BCUT2D eigenvalue weighted by atomic mass is 35.5. The molecule has 6 nitrogen and oxygen atoms in total. The highest BCUT2D eigenvalue weighted by Crippen LogP contribution is 2.46. The Kier molecular flexibility index (Phi) is 6.75. The molecule has 1 aliphatic heterocycles. The Morgan fingerprint density at radius 1 is 1.03 bits per heavy atom. The number of aromatic nitrogens is 1. The Morgan fingerprint density at radius 3 is 2.56 bits per heavy atom. The second-order valence-electron chi connectivity index (χ2n) is 9.16. The molecule has 0 aliphatic carbocycles. The predicted octanol–water partition coefficient (Wildman–Crippen LogP) is 5.36. The van der Waals surface area contributed by atoms with Gasteiger partial charge >= 0.3 is 0 Å². The van der Waals surface area contributed by atoms with Crippen LogP contribution in [0.5, 0.6) is 0 Å². The van der Waals surface area contributed by atoms with Crippen molar-refractivity contribution in [2.45, 2.75) is 6.04 Å². The molecule has 1 aromatic heterocycles. The van der Waals surface area contributed by atoms with E-state index < -0.39 is 6.04 Å². The molecule has 0 unspecified atom stereocenters. The molecular formula is C28H26Cl2N4O2. The van der Waals surface area contributed by atoms with Gasteiger partial charge in [-0.15, -0.1) is 0 Å². The van der Waals surface area contributed by atoms with Crippen LogP contribution in [0.2, 0.25) is 10.0 Å². The number of hydrogen-bond donors (Lipinski definition) is 2. The van der Waals surface area contributed by atoms with E-state index in [2.05, 4.69) is 10.3 Å². The number of halogens is 2. The van der Waals surface area contributed by atoms with Crippen molar-refractivity contribution in [1.29, 1.82) is 0 Å². The Morgan fingerprint density at radius 2 is 1.78 bits per heavy atom. The molecule has 0 radical (unpaired) electrons. The molecule has 0 saturated carbocycles. The Hall–Kier alpha value is -3.32. The lowest BCUT2D eigenvalue weighted by Crippen LogP contribution is -2.41. The number of likely N-dealkylation sites (N-methyl/N-ethyl adjacent to an activating group) is 1. The summed E-state index contributed by atoms with van der Waals surface area (Å²) in [5.74, 6) is -0.370. The zero-order valence-electron chi connectivity index (χ0n) is 20.0. The van der Waals surface area contributed by atoms with E-state index in [1.165, 1.54) is 0 Å². The summed E-state index contributed by atoms with van der Waals surface area (Å²) < 4.78 is 0. The fourth-order valence-electron chi connectivity index (χ4n) is 4.83. The van der Waals surface area contributed by atoms with E-state index in [1.807, 2.05) is 73.6 Å². The minimum absolute atomic E-state index is 0.0566. The van der Waals surface area contributed by atoms with E-state index in [9.17, 15) is 9.59 Å². The number of aromatic amines is 1. The molecular weight excluding hydrogens is 495 g/mol. The van der Waals surface area contributed by atoms with Crippen LogP contribution in [0.1, 0.15) is 27.5 Å². The van der Waals surface area contributed by atoms with Crippen molar-refractivity contribution in [2.75, 3.05) is 33.7 Å². The van der Waals surface area contributed by atoms with Crippen LogP contribution in [0.3, 0.4) is 0 Å². The number of benzene rings is 3. The molecule has 184 valence electrons. The zero-order valence-corrected chi connectivity index (χ0v) is 21.5. The molecule has 1 atom stereocenters. The lowest BCUT2D eigenvalue weighted by Gasteiger charge is -2.26. The number of hydrogen-bond acceptors (Lipinski definition) is 3. The molecule has 0 bridgehead atoms. The molecule has 3 aromatic carbocycles. The maximum absolute atomic E-state index is 13.6. The van der Waals surface area contributed by atoms with E-state index in [0.29, 0.717) is 28.7 Å². The Balaban J connectivity index is 1.65. The molecule has 36 heavy (non-hydrogen) atoms. The summed E-state index contributed by atoms with van der Waals surface area (Å²) in [6.45, 7) is 1.16. The third-order valence-electron chi connectivity index (χ3n) is 6.47. The lowest BCUT2D eigenvalue weighted by atomic mass is 9.93. The van der Waals surface area contributed by atoms with Gasteiger partial charge in [0.25, 0.3) is 5.91 Å². The van der Waals surface area contributed by atoms with E-state index in [1.54, 1.807) is 17.0 Å². The first-order valence-electron chi connectivity index (χ1n) is 11.7. The van der Waals surface area contributed by atoms with Crippen LogP contribution in [0.25, 0.3) is 22.2 Å². The van der Waals surface area contributed by atoms with Gasteiger partial charge < -0.3 is 20.1 Å². The van der Waals surface area contributed by atoms with Crippen LogP contribution in [0, 0.1) is 0 Å². The van der Waals surface area contributed by atoms with Gasteiger partial charge in [0.2, 0.25) is 5.91 Å². The van der Waals surface area contributed by atoms with Crippen LogP contribution in [-0.2, 0) is 4.79 Å². The van der Waals surface area contributed by atoms with Crippen molar-refractivity contribution >= 4 is 45.9 Å². The van der Waals surface area contributed by atoms with Crippen molar-refractivity contribution < 1.29 is 9.59 Å². The summed E-state index contributed by atoms with van der Waals surface area (Å²) in [6.07, 6.45) is 0. The van der Waals surface area contributed by atoms with Crippen molar-refractivity contribution in [1.82, 2.24) is 20.1 Å². The Bertz CT molecular complexity index is 1460. The van der Waals surface area contributed by atoms with Gasteiger partial charge in [0.15, 0.2) is 0 Å². The van der Waals surface area contributed by atoms with Crippen molar-refractivity contribution in [3.05, 3.63) is 93.5 Å². The topological polar surface area (TPSA) is 68.4 Å². The SMILES string of the molecule is CN(C)CCNC(=O)CN1C(=O)c2ccccc2[C@@H]1c1c(-c2ccc(Cl)cc2Cl)[nH]c2ccccc12. The molecule has 4 aromatic rings. The number of fused-ring (bicyclic) bond motifs is 2. The van der Waals surface area contributed by atoms with Crippen molar-refractivity contribution in [2.24, 2.45) is 0 Å². The van der Waals surface area contributed by atoms with Gasteiger partial charge in [0, 0.05) is 45.7 Å². The number of carbonyl (C=O) groups is 2. The van der Waals surface area contributed by atoms with Gasteiger partial charge in [-0.3, -0.25) is 9.59 Å². The second kappa shape index (κ2) is 9.97. The summed E-state index contributed by atoms with van der Waals surface area (Å²) in [6, 6.07) is 20.4. The van der Waals surface area contributed by atoms with E-state index in [4.69, 9.17) is 23.2 Å². The highest BCUT2D eigenvalue weighted by molar-refractivity contribution is 6.36. The number of carbonyl (C=O) groups excluding carboxylic acids is 2. The van der Waals surface area contributed by atoms with Gasteiger partial charge in [0.1, 0.15) is 6.54 Å². The smallest absolute Gasteiger partial charge is 0.255 e. The molecule has 2 amide bonds. The number of para-hydroxylation sites is 1. The monoisotopic (exact) mass is 520 g/mol. The molecule has 0 saturated heterocycles. The van der Waals surface area contributed by atoms with Crippen LogP contribution in [0.4, 0.5) is 0 Å². The number of rotatable bonds is 7. The standard InChI is InChI=1S/C28H26Cl2N4O2/c1-33(2)14-13-31-24(35)16-34-27(18-7-3-4-8-19(18)28(34)36)25-21-9-5-6-10-23(21)32-26(25)20-12-11-17(29)15-22(20)30/h3-12,15,27,32H,13-14,16H2,1-2H3,(H,31,35)/t27-/m1/s1. The summed E-state index contributed by atoms with van der Waals surface area (Å²) in [5, 5.41) is 4.94. The predicted molar refractivity (Wildman–Crippen MR) is 145 cm³/mol. The zero-order chi connectivity index (χ0) is 25.4. The average Bonchev–Trinajstić information content (AvgIpc) is 3.34. The summed E-state index contributed by atoms with van der Waals surface area (Å²) >= 11 is 12.8. The van der Waals surface area contributed by atoms with Crippen LogP contribution in [0.15, 0.2) is 66.7 Å². The van der Waals surface area contributed by atoms with Crippen molar-refractivity contribution in [3.63, 3.8) is 0 Å². The molecule has 1 aliphatic rings. The molecule has 0 spiro atoms. The molecule has 0 fully saturated rings. The Labute approximate surface area is 219 Å². The maximum Gasteiger partial charge on any atom is 0.255 e. The molecule has 2 N–H and O–H groups in total. The quantitative estimate of drug-likeness (QED) is 0.344. The van der Waals surface area contributed by atoms with Crippen LogP contribution >= 0.6 is 23.2 Å². The van der Waals surface area contributed by atoms with Gasteiger partial charge in [-0.05, 0) is 50.0 Å². The summed E-state index contributed by atoms with van der Waals surface area (Å²) in [5.41, 5.74) is 4.85. The first-order valence-corrected chi connectivity index (χ1v) is 12.5. The third kappa shape index (κ3) is 4.48. The van der Waals surface area contributed by atoms with Crippen LogP contribution < -0.4 is 5.32 Å². The summed E-state index contributed by atoms with van der Waals surface area (Å²) in [4.78, 5) is 33.7. The second-order valence-corrected chi connectivity index (χ2v) is 10.0. The average molecular weight is 521 g/mol. The number of nitrogens with one attached hydrogen (secondary N) is 2. The maximum atomic E-state index is 13.6. The number of nitrogens with zero attached hydrogens (tertiary/aromatic N) is 2. The molecule has 8 heteroatoms. The van der Waals surface area contributed by atoms with Crippen molar-refractivity contribution in [3.8, 4) is 11.3 Å². The fraction of sp³-hybridized carbons (Fsp3) is 0.214. The molecule has 2 heterocycles. The third-order valence-corrected chi connectivity index (χ3v) is 7.02. The molecule has 5 rings (SSSR count). The van der Waals surface area contributed by atoms with Gasteiger partial charge in [-0.1, -0.05) is 59.6 Å². The first kappa shape index (κ1) is 24.4. The minimum Gasteiger partial charge on any atom is -0.354 e. The van der Waals surface area contributed by atoms with Crippen LogP contribution in [-0.4, -0.2) is 60.3 Å². The number of H-pyrrole nitrogens is 1. The lowest BCUT2D eigenvalue weighted by molar-refractivity contribution is -0.122. The normalized spacial score (nSPS) is 15.1. The summed E-state index contributed by atoms with van der Waals surface area (Å²) in [7, 11) is 3.90. The fourth-order valence-corrected chi connectivity index (χ4v) is 5.33. The van der Waals surface area contributed by atoms with E-state index >= 15 is 0 Å². The van der Waals surface area contributed by atoms with Gasteiger partial charge in [-0.25, -0.2) is 0 Å². The number of amides is 2. The van der Waals surface area contributed by atoms with E-state index in [0.717, 1.165) is 33.3 Å². The highest BCUT2D eigenvalue weighted by Gasteiger charge is 2.41. The minimum atomic E-state index is -0.466. The van der Waals surface area contributed by atoms with Gasteiger partial charge in [0.05, 0.1) is 16.8 Å². The first-order chi connectivity index (χ1) is 17.3.